The molecule has 0 spiro atoms. The van der Waals surface area contributed by atoms with Gasteiger partial charge in [-0.1, -0.05) is 48.5 Å². The molecule has 0 amide bonds. The van der Waals surface area contributed by atoms with Crippen molar-refractivity contribution in [3.8, 4) is 0 Å². The van der Waals surface area contributed by atoms with Crippen LogP contribution < -0.4 is 0 Å². The van der Waals surface area contributed by atoms with Crippen LogP contribution in [0.1, 0.15) is 16.0 Å². The molecule has 0 unspecified atom stereocenters. The number of thiophene rings is 1. The second-order valence-electron chi connectivity index (χ2n) is 4.35. The first-order valence-electron chi connectivity index (χ1n) is 5.85. The molecular formula is C16H14S. The smallest absolute Gasteiger partial charge is 0.0380 e. The lowest BCUT2D eigenvalue weighted by molar-refractivity contribution is 1.22. The molecule has 0 saturated carbocycles. The van der Waals surface area contributed by atoms with Crippen LogP contribution in [-0.4, -0.2) is 0 Å². The van der Waals surface area contributed by atoms with Crippen LogP contribution in [0.2, 0.25) is 0 Å². The van der Waals surface area contributed by atoms with Gasteiger partial charge in [0.1, 0.15) is 0 Å². The van der Waals surface area contributed by atoms with Gasteiger partial charge in [0, 0.05) is 9.58 Å². The lowest BCUT2D eigenvalue weighted by Crippen LogP contribution is -1.87. The van der Waals surface area contributed by atoms with E-state index in [-0.39, 0.29) is 0 Å². The molecule has 0 N–H and O–H groups in total. The summed E-state index contributed by atoms with van der Waals surface area (Å²) in [6.07, 6.45) is 1.03. The number of hydrogen-bond acceptors (Lipinski definition) is 1. The van der Waals surface area contributed by atoms with E-state index in [1.54, 1.807) is 0 Å². The van der Waals surface area contributed by atoms with E-state index in [1.807, 2.05) is 11.3 Å². The highest BCUT2D eigenvalue weighted by atomic mass is 32.1. The fourth-order valence-electron chi connectivity index (χ4n) is 2.21. The van der Waals surface area contributed by atoms with Gasteiger partial charge in [-0.25, -0.2) is 0 Å². The first-order chi connectivity index (χ1) is 8.33. The first kappa shape index (κ1) is 10.5. The summed E-state index contributed by atoms with van der Waals surface area (Å²) < 4.78 is 1.44. The molecule has 2 aromatic carbocycles. The Morgan fingerprint density at radius 3 is 2.59 bits per heavy atom. The SMILES string of the molecule is Cc1cc2cccc(Cc3ccccc3)c2s1. The highest BCUT2D eigenvalue weighted by Crippen LogP contribution is 2.29. The van der Waals surface area contributed by atoms with Gasteiger partial charge in [-0.15, -0.1) is 11.3 Å². The van der Waals surface area contributed by atoms with Crippen molar-refractivity contribution in [2.24, 2.45) is 0 Å². The van der Waals surface area contributed by atoms with Crippen LogP contribution >= 0.6 is 11.3 Å². The van der Waals surface area contributed by atoms with Gasteiger partial charge < -0.3 is 0 Å². The van der Waals surface area contributed by atoms with Crippen molar-refractivity contribution in [2.45, 2.75) is 13.3 Å². The predicted octanol–water partition coefficient (Wildman–Crippen LogP) is 4.80. The average Bonchev–Trinajstić information content (AvgIpc) is 2.72. The van der Waals surface area contributed by atoms with Crippen LogP contribution in [0.3, 0.4) is 0 Å². The first-order valence-corrected chi connectivity index (χ1v) is 6.66. The minimum absolute atomic E-state index is 1.03. The fourth-order valence-corrected chi connectivity index (χ4v) is 3.23. The molecular weight excluding hydrogens is 224 g/mol. The molecule has 0 radical (unpaired) electrons. The Labute approximate surface area is 106 Å². The summed E-state index contributed by atoms with van der Waals surface area (Å²) in [6.45, 7) is 2.18. The maximum Gasteiger partial charge on any atom is 0.0380 e. The van der Waals surface area contributed by atoms with Gasteiger partial charge in [-0.2, -0.15) is 0 Å². The number of benzene rings is 2. The van der Waals surface area contributed by atoms with Crippen LogP contribution in [-0.2, 0) is 6.42 Å². The Kier molecular flexibility index (Phi) is 2.69. The minimum atomic E-state index is 1.03. The lowest BCUT2D eigenvalue weighted by Gasteiger charge is -2.03. The zero-order chi connectivity index (χ0) is 11.7. The number of aryl methyl sites for hydroxylation is 1. The Balaban J connectivity index is 2.06. The maximum atomic E-state index is 2.27. The Morgan fingerprint density at radius 1 is 0.941 bits per heavy atom. The van der Waals surface area contributed by atoms with Crippen LogP contribution in [0.15, 0.2) is 54.6 Å². The lowest BCUT2D eigenvalue weighted by atomic mass is 10.0. The normalized spacial score (nSPS) is 10.9. The molecule has 3 aromatic rings. The van der Waals surface area contributed by atoms with E-state index in [9.17, 15) is 0 Å². The predicted molar refractivity (Wildman–Crippen MR) is 75.8 cm³/mol. The van der Waals surface area contributed by atoms with Crippen molar-refractivity contribution >= 4 is 21.4 Å². The van der Waals surface area contributed by atoms with E-state index in [0.717, 1.165) is 6.42 Å². The van der Waals surface area contributed by atoms with Crippen molar-refractivity contribution in [3.63, 3.8) is 0 Å². The molecule has 1 heterocycles. The second kappa shape index (κ2) is 4.34. The van der Waals surface area contributed by atoms with Crippen LogP contribution in [0.5, 0.6) is 0 Å². The second-order valence-corrected chi connectivity index (χ2v) is 5.61. The number of rotatable bonds is 2. The zero-order valence-corrected chi connectivity index (χ0v) is 10.6. The topological polar surface area (TPSA) is 0 Å². The highest BCUT2D eigenvalue weighted by molar-refractivity contribution is 7.19. The van der Waals surface area contributed by atoms with Crippen molar-refractivity contribution in [2.75, 3.05) is 0 Å². The van der Waals surface area contributed by atoms with E-state index >= 15 is 0 Å². The third-order valence-electron chi connectivity index (χ3n) is 2.99. The third kappa shape index (κ3) is 2.11. The molecule has 0 fully saturated rings. The largest absolute Gasteiger partial charge is 0.140 e. The monoisotopic (exact) mass is 238 g/mol. The summed E-state index contributed by atoms with van der Waals surface area (Å²) in [4.78, 5) is 1.39. The van der Waals surface area contributed by atoms with Gasteiger partial charge in [-0.3, -0.25) is 0 Å². The van der Waals surface area contributed by atoms with Gasteiger partial charge in [0.2, 0.25) is 0 Å². The van der Waals surface area contributed by atoms with E-state index in [2.05, 4.69) is 61.5 Å². The van der Waals surface area contributed by atoms with Gasteiger partial charge in [0.25, 0.3) is 0 Å². The van der Waals surface area contributed by atoms with Gasteiger partial charge in [0.15, 0.2) is 0 Å². The summed E-state index contributed by atoms with van der Waals surface area (Å²) in [5.74, 6) is 0. The molecule has 0 nitrogen and oxygen atoms in total. The Morgan fingerprint density at radius 2 is 1.76 bits per heavy atom. The van der Waals surface area contributed by atoms with E-state index in [4.69, 9.17) is 0 Å². The fraction of sp³-hybridized carbons (Fsp3) is 0.125. The molecule has 0 aliphatic carbocycles. The van der Waals surface area contributed by atoms with Crippen molar-refractivity contribution in [3.05, 3.63) is 70.6 Å². The van der Waals surface area contributed by atoms with Crippen LogP contribution in [0.25, 0.3) is 10.1 Å². The van der Waals surface area contributed by atoms with E-state index in [1.165, 1.54) is 26.1 Å². The molecule has 1 heteroatoms. The summed E-state index contributed by atoms with van der Waals surface area (Å²) in [5.41, 5.74) is 2.82. The standard InChI is InChI=1S/C16H14S/c1-12-10-14-8-5-9-15(16(14)17-12)11-13-6-3-2-4-7-13/h2-10H,11H2,1H3. The van der Waals surface area contributed by atoms with Crippen LogP contribution in [0.4, 0.5) is 0 Å². The molecule has 0 aliphatic heterocycles. The summed E-state index contributed by atoms with van der Waals surface area (Å²) in [7, 11) is 0. The van der Waals surface area contributed by atoms with Gasteiger partial charge in [0.05, 0.1) is 0 Å². The van der Waals surface area contributed by atoms with Crippen LogP contribution in [0, 0.1) is 6.92 Å². The summed E-state index contributed by atoms with van der Waals surface area (Å²) in [6, 6.07) is 19.5. The van der Waals surface area contributed by atoms with E-state index in [0.29, 0.717) is 0 Å². The molecule has 0 atom stereocenters. The molecule has 1 aromatic heterocycles. The Bertz CT molecular complexity index is 635. The number of hydrogen-bond donors (Lipinski definition) is 0. The van der Waals surface area contributed by atoms with Crippen molar-refractivity contribution in [1.29, 1.82) is 0 Å². The third-order valence-corrected chi connectivity index (χ3v) is 4.13. The molecule has 0 saturated heterocycles. The van der Waals surface area contributed by atoms with Crippen molar-refractivity contribution < 1.29 is 0 Å². The number of fused-ring (bicyclic) bond motifs is 1. The zero-order valence-electron chi connectivity index (χ0n) is 9.81. The molecule has 0 aliphatic rings. The molecule has 84 valence electrons. The summed E-state index contributed by atoms with van der Waals surface area (Å²) in [5, 5.41) is 1.38. The molecule has 17 heavy (non-hydrogen) atoms. The minimum Gasteiger partial charge on any atom is -0.140 e. The summed E-state index contributed by atoms with van der Waals surface area (Å²) >= 11 is 1.90. The van der Waals surface area contributed by atoms with Crippen molar-refractivity contribution in [1.82, 2.24) is 0 Å². The Hall–Kier alpha value is -1.60. The molecule has 0 bridgehead atoms. The molecule has 3 rings (SSSR count). The highest BCUT2D eigenvalue weighted by Gasteiger charge is 2.04. The average molecular weight is 238 g/mol. The quantitative estimate of drug-likeness (QED) is 0.601. The van der Waals surface area contributed by atoms with Gasteiger partial charge in [-0.05, 0) is 35.9 Å². The van der Waals surface area contributed by atoms with Gasteiger partial charge >= 0.3 is 0 Å². The van der Waals surface area contributed by atoms with E-state index < -0.39 is 0 Å². The maximum absolute atomic E-state index is 2.27.